The normalized spacial score (nSPS) is 25.9. The number of likely N-dealkylation sites (tertiary alicyclic amines) is 1. The molecule has 1 aliphatic heterocycles. The van der Waals surface area contributed by atoms with Crippen LogP contribution >= 0.6 is 0 Å². The highest BCUT2D eigenvalue weighted by Crippen LogP contribution is 2.41. The first-order valence-corrected chi connectivity index (χ1v) is 8.38. The van der Waals surface area contributed by atoms with Crippen molar-refractivity contribution in [2.75, 3.05) is 26.7 Å². The third-order valence-electron chi connectivity index (χ3n) is 5.28. The van der Waals surface area contributed by atoms with Crippen molar-refractivity contribution in [2.45, 2.75) is 50.0 Å². The smallest absolute Gasteiger partial charge is 0.120 e. The molecule has 0 aromatic heterocycles. The van der Waals surface area contributed by atoms with Gasteiger partial charge in [0.05, 0.1) is 0 Å². The topological polar surface area (TPSA) is 38.5 Å². The molecule has 0 amide bonds. The Morgan fingerprint density at radius 1 is 1.29 bits per heavy atom. The van der Waals surface area contributed by atoms with E-state index in [0.717, 1.165) is 25.3 Å². The summed E-state index contributed by atoms with van der Waals surface area (Å²) in [5, 5.41) is 0. The van der Waals surface area contributed by atoms with Crippen LogP contribution < -0.4 is 10.5 Å². The quantitative estimate of drug-likeness (QED) is 0.926. The highest BCUT2D eigenvalue weighted by molar-refractivity contribution is 5.35. The molecule has 1 aliphatic carbocycles. The maximum atomic E-state index is 6.23. The summed E-state index contributed by atoms with van der Waals surface area (Å²) in [4.78, 5) is 2.36. The van der Waals surface area contributed by atoms with E-state index in [1.807, 2.05) is 0 Å². The Morgan fingerprint density at radius 3 is 2.81 bits per heavy atom. The molecular weight excluding hydrogens is 260 g/mol. The second-order valence-electron chi connectivity index (χ2n) is 6.86. The molecule has 1 aromatic carbocycles. The Bertz CT molecular complexity index is 468. The lowest BCUT2D eigenvalue weighted by molar-refractivity contribution is 0.104. The molecule has 2 aliphatic rings. The lowest BCUT2D eigenvalue weighted by Gasteiger charge is -2.31. The molecule has 3 rings (SSSR count). The monoisotopic (exact) mass is 288 g/mol. The van der Waals surface area contributed by atoms with E-state index in [1.165, 1.54) is 44.2 Å². The Balaban J connectivity index is 1.73. The average Bonchev–Trinajstić information content (AvgIpc) is 2.98. The van der Waals surface area contributed by atoms with Crippen molar-refractivity contribution in [3.63, 3.8) is 0 Å². The lowest BCUT2D eigenvalue weighted by atomic mass is 9.79. The molecule has 0 spiro atoms. The van der Waals surface area contributed by atoms with E-state index in [4.69, 9.17) is 10.5 Å². The molecule has 1 aromatic rings. The molecule has 1 saturated heterocycles. The SMILES string of the molecule is CN1CCCC(Oc2cccc(C3(CN)CCCC3)c2)C1. The fraction of sp³-hybridized carbons (Fsp3) is 0.667. The first-order chi connectivity index (χ1) is 10.2. The van der Waals surface area contributed by atoms with Crippen LogP contribution in [0.3, 0.4) is 0 Å². The summed E-state index contributed by atoms with van der Waals surface area (Å²) in [5.74, 6) is 1.02. The van der Waals surface area contributed by atoms with Crippen LogP contribution in [0.2, 0.25) is 0 Å². The van der Waals surface area contributed by atoms with Gasteiger partial charge in [-0.15, -0.1) is 0 Å². The van der Waals surface area contributed by atoms with Crippen molar-refractivity contribution in [3.05, 3.63) is 29.8 Å². The van der Waals surface area contributed by atoms with Gasteiger partial charge in [0.1, 0.15) is 11.9 Å². The minimum atomic E-state index is 0.197. The minimum Gasteiger partial charge on any atom is -0.489 e. The summed E-state index contributed by atoms with van der Waals surface area (Å²) in [6, 6.07) is 8.70. The van der Waals surface area contributed by atoms with Crippen molar-refractivity contribution in [1.29, 1.82) is 0 Å². The average molecular weight is 288 g/mol. The van der Waals surface area contributed by atoms with Crippen molar-refractivity contribution < 1.29 is 4.74 Å². The number of benzene rings is 1. The molecule has 1 atom stereocenters. The fourth-order valence-corrected chi connectivity index (χ4v) is 3.97. The van der Waals surface area contributed by atoms with Gasteiger partial charge in [-0.05, 0) is 57.0 Å². The number of hydrogen-bond acceptors (Lipinski definition) is 3. The fourth-order valence-electron chi connectivity index (χ4n) is 3.97. The van der Waals surface area contributed by atoms with Gasteiger partial charge in [0.25, 0.3) is 0 Å². The minimum absolute atomic E-state index is 0.197. The first-order valence-electron chi connectivity index (χ1n) is 8.38. The van der Waals surface area contributed by atoms with E-state index in [0.29, 0.717) is 6.10 Å². The van der Waals surface area contributed by atoms with E-state index in [1.54, 1.807) is 0 Å². The Kier molecular flexibility index (Phi) is 4.51. The van der Waals surface area contributed by atoms with Crippen molar-refractivity contribution in [3.8, 4) is 5.75 Å². The van der Waals surface area contributed by atoms with Crippen LogP contribution in [-0.4, -0.2) is 37.7 Å². The molecule has 3 heteroatoms. The first kappa shape index (κ1) is 14.9. The summed E-state index contributed by atoms with van der Waals surface area (Å²) < 4.78 is 6.23. The summed E-state index contributed by atoms with van der Waals surface area (Å²) in [6.45, 7) is 2.98. The van der Waals surface area contributed by atoms with Crippen LogP contribution in [-0.2, 0) is 5.41 Å². The highest BCUT2D eigenvalue weighted by Gasteiger charge is 2.34. The van der Waals surface area contributed by atoms with Gasteiger partial charge in [-0.25, -0.2) is 0 Å². The standard InChI is InChI=1S/C18H28N2O/c1-20-11-5-8-17(13-20)21-16-7-4-6-15(12-16)18(14-19)9-2-3-10-18/h4,6-7,12,17H,2-3,5,8-11,13-14,19H2,1H3. The second-order valence-corrected chi connectivity index (χ2v) is 6.86. The van der Waals surface area contributed by atoms with E-state index in [9.17, 15) is 0 Å². The molecule has 21 heavy (non-hydrogen) atoms. The predicted molar refractivity (Wildman–Crippen MR) is 86.8 cm³/mol. The van der Waals surface area contributed by atoms with Gasteiger partial charge >= 0.3 is 0 Å². The Morgan fingerprint density at radius 2 is 2.10 bits per heavy atom. The number of hydrogen-bond donors (Lipinski definition) is 1. The van der Waals surface area contributed by atoms with Crippen LogP contribution in [0.4, 0.5) is 0 Å². The Labute approximate surface area is 128 Å². The number of nitrogens with two attached hydrogens (primary N) is 1. The van der Waals surface area contributed by atoms with Crippen molar-refractivity contribution >= 4 is 0 Å². The molecule has 1 unspecified atom stereocenters. The summed E-state index contributed by atoms with van der Waals surface area (Å²) in [6.07, 6.45) is 7.77. The zero-order valence-electron chi connectivity index (χ0n) is 13.2. The van der Waals surface area contributed by atoms with Gasteiger partial charge < -0.3 is 15.4 Å². The largest absolute Gasteiger partial charge is 0.489 e. The van der Waals surface area contributed by atoms with Gasteiger partial charge in [0.2, 0.25) is 0 Å². The molecule has 0 radical (unpaired) electrons. The third kappa shape index (κ3) is 3.24. The molecule has 3 nitrogen and oxygen atoms in total. The molecule has 1 heterocycles. The lowest BCUT2D eigenvalue weighted by Crippen LogP contribution is -2.38. The number of piperidine rings is 1. The second kappa shape index (κ2) is 6.37. The number of ether oxygens (including phenoxy) is 1. The molecule has 116 valence electrons. The number of nitrogens with zero attached hydrogens (tertiary/aromatic N) is 1. The van der Waals surface area contributed by atoms with E-state index < -0.39 is 0 Å². The van der Waals surface area contributed by atoms with Crippen molar-refractivity contribution in [1.82, 2.24) is 4.90 Å². The van der Waals surface area contributed by atoms with Crippen LogP contribution in [0.1, 0.15) is 44.1 Å². The predicted octanol–water partition coefficient (Wildman–Crippen LogP) is 2.93. The molecule has 2 fully saturated rings. The summed E-state index contributed by atoms with van der Waals surface area (Å²) in [5.41, 5.74) is 7.68. The molecular formula is C18H28N2O. The molecule has 1 saturated carbocycles. The van der Waals surface area contributed by atoms with Crippen LogP contribution in [0, 0.1) is 0 Å². The van der Waals surface area contributed by atoms with Crippen molar-refractivity contribution in [2.24, 2.45) is 5.73 Å². The van der Waals surface area contributed by atoms with Crippen LogP contribution in [0.5, 0.6) is 5.75 Å². The van der Waals surface area contributed by atoms with Gasteiger partial charge in [-0.1, -0.05) is 25.0 Å². The Hall–Kier alpha value is -1.06. The zero-order valence-corrected chi connectivity index (χ0v) is 13.2. The highest BCUT2D eigenvalue weighted by atomic mass is 16.5. The van der Waals surface area contributed by atoms with Gasteiger partial charge in [0.15, 0.2) is 0 Å². The zero-order chi connectivity index (χ0) is 14.7. The van der Waals surface area contributed by atoms with Crippen LogP contribution in [0.15, 0.2) is 24.3 Å². The summed E-state index contributed by atoms with van der Waals surface area (Å²) >= 11 is 0. The maximum Gasteiger partial charge on any atom is 0.120 e. The van der Waals surface area contributed by atoms with Gasteiger partial charge in [-0.2, -0.15) is 0 Å². The summed E-state index contributed by atoms with van der Waals surface area (Å²) in [7, 11) is 2.17. The number of likely N-dealkylation sites (N-methyl/N-ethyl adjacent to an activating group) is 1. The van der Waals surface area contributed by atoms with E-state index in [2.05, 4.69) is 36.2 Å². The third-order valence-corrected chi connectivity index (χ3v) is 5.28. The van der Waals surface area contributed by atoms with Crippen LogP contribution in [0.25, 0.3) is 0 Å². The van der Waals surface area contributed by atoms with Gasteiger partial charge in [-0.3, -0.25) is 0 Å². The number of rotatable bonds is 4. The van der Waals surface area contributed by atoms with E-state index in [-0.39, 0.29) is 5.41 Å². The maximum absolute atomic E-state index is 6.23. The molecule has 2 N–H and O–H groups in total. The van der Waals surface area contributed by atoms with Gasteiger partial charge in [0, 0.05) is 18.5 Å². The van der Waals surface area contributed by atoms with E-state index >= 15 is 0 Å². The molecule has 0 bridgehead atoms.